The summed E-state index contributed by atoms with van der Waals surface area (Å²) in [6.07, 6.45) is 0.459. The highest BCUT2D eigenvalue weighted by Crippen LogP contribution is 2.34. The number of hydrogen-bond acceptors (Lipinski definition) is 7. The van der Waals surface area contributed by atoms with E-state index in [2.05, 4.69) is 10.4 Å². The van der Waals surface area contributed by atoms with Crippen LogP contribution in [0.2, 0.25) is 0 Å². The molecular weight excluding hydrogens is 480 g/mol. The van der Waals surface area contributed by atoms with Crippen LogP contribution in [0.15, 0.2) is 54.6 Å². The van der Waals surface area contributed by atoms with Gasteiger partial charge >= 0.3 is 0 Å². The van der Waals surface area contributed by atoms with Crippen LogP contribution >= 0.6 is 0 Å². The molecule has 36 heavy (non-hydrogen) atoms. The van der Waals surface area contributed by atoms with Gasteiger partial charge in [0.25, 0.3) is 5.91 Å². The molecule has 4 aromatic rings. The first kappa shape index (κ1) is 23.8. The summed E-state index contributed by atoms with van der Waals surface area (Å²) in [6.45, 7) is 1.80. The number of carbonyl (C=O) groups excluding carboxylic acids is 1. The lowest BCUT2D eigenvalue weighted by Gasteiger charge is -2.14. The van der Waals surface area contributed by atoms with Gasteiger partial charge in [0.15, 0.2) is 15.5 Å². The fourth-order valence-electron chi connectivity index (χ4n) is 4.56. The summed E-state index contributed by atoms with van der Waals surface area (Å²) in [6, 6.07) is 16.1. The number of aromatic nitrogens is 3. The fraction of sp³-hybridized carbons (Fsp3) is 0.269. The second kappa shape index (κ2) is 9.27. The van der Waals surface area contributed by atoms with Crippen molar-refractivity contribution < 1.29 is 22.7 Å². The Balaban J connectivity index is 1.65. The van der Waals surface area contributed by atoms with Crippen LogP contribution in [0.5, 0.6) is 11.5 Å². The second-order valence-corrected chi connectivity index (χ2v) is 11.0. The zero-order valence-corrected chi connectivity index (χ0v) is 21.0. The minimum atomic E-state index is -3.14. The molecule has 2 aromatic carbocycles. The summed E-state index contributed by atoms with van der Waals surface area (Å²) in [4.78, 5) is 18.5. The van der Waals surface area contributed by atoms with Gasteiger partial charge in [-0.1, -0.05) is 30.3 Å². The second-order valence-electron chi connectivity index (χ2n) is 8.73. The first-order valence-electron chi connectivity index (χ1n) is 11.5. The summed E-state index contributed by atoms with van der Waals surface area (Å²) in [7, 11) is -0.0603. The molecule has 1 unspecified atom stereocenters. The van der Waals surface area contributed by atoms with Gasteiger partial charge in [-0.15, -0.1) is 0 Å². The minimum absolute atomic E-state index is 0.00500. The van der Waals surface area contributed by atoms with Crippen molar-refractivity contribution in [2.24, 2.45) is 0 Å². The number of rotatable bonds is 6. The average Bonchev–Trinajstić information content (AvgIpc) is 3.42. The molecule has 1 aliphatic heterocycles. The number of sulfone groups is 1. The van der Waals surface area contributed by atoms with Gasteiger partial charge in [0.1, 0.15) is 11.5 Å². The van der Waals surface area contributed by atoms with Crippen LogP contribution in [0.3, 0.4) is 0 Å². The molecule has 186 valence electrons. The number of ether oxygens (including phenoxy) is 2. The highest BCUT2D eigenvalue weighted by Gasteiger charge is 2.32. The number of methoxy groups -OCH3 is 2. The quantitative estimate of drug-likeness (QED) is 0.420. The SMILES string of the molecule is COc1ccc(NC(=O)c2cc(-c3ccccc3)nc3c2c(C)nn3C2CCS(=O)(=O)C2)c(OC)c1. The summed E-state index contributed by atoms with van der Waals surface area (Å²) in [5.41, 5.74) is 3.40. The zero-order valence-electron chi connectivity index (χ0n) is 20.2. The van der Waals surface area contributed by atoms with E-state index in [1.54, 1.807) is 43.0 Å². The first-order chi connectivity index (χ1) is 17.3. The Hall–Kier alpha value is -3.92. The third kappa shape index (κ3) is 4.39. The third-order valence-electron chi connectivity index (χ3n) is 6.36. The van der Waals surface area contributed by atoms with Gasteiger partial charge in [-0.05, 0) is 31.5 Å². The van der Waals surface area contributed by atoms with E-state index in [0.717, 1.165) is 5.56 Å². The van der Waals surface area contributed by atoms with Crippen molar-refractivity contribution >= 4 is 32.5 Å². The molecule has 1 saturated heterocycles. The maximum absolute atomic E-state index is 13.7. The number of hydrogen-bond donors (Lipinski definition) is 1. The van der Waals surface area contributed by atoms with Crippen LogP contribution < -0.4 is 14.8 Å². The Labute approximate surface area is 209 Å². The topological polar surface area (TPSA) is 112 Å². The number of aryl methyl sites for hydroxylation is 1. The predicted molar refractivity (Wildman–Crippen MR) is 138 cm³/mol. The van der Waals surface area contributed by atoms with Crippen molar-refractivity contribution in [2.45, 2.75) is 19.4 Å². The standard InChI is InChI=1S/C26H26N4O5S/c1-16-24-20(26(31)28-21-10-9-19(34-2)13-23(21)35-3)14-22(17-7-5-4-6-8-17)27-25(24)30(29-16)18-11-12-36(32,33)15-18/h4-10,13-14,18H,11-12,15H2,1-3H3,(H,28,31). The zero-order chi connectivity index (χ0) is 25.4. The van der Waals surface area contributed by atoms with Gasteiger partial charge in [0.05, 0.1) is 59.8 Å². The fourth-order valence-corrected chi connectivity index (χ4v) is 6.26. The maximum atomic E-state index is 13.7. The van der Waals surface area contributed by atoms with Crippen LogP contribution in [0, 0.1) is 6.92 Å². The highest BCUT2D eigenvalue weighted by atomic mass is 32.2. The molecule has 0 spiro atoms. The van der Waals surface area contributed by atoms with Crippen LogP contribution in [-0.2, 0) is 9.84 Å². The molecule has 1 aliphatic rings. The normalized spacial score (nSPS) is 16.7. The van der Waals surface area contributed by atoms with E-state index >= 15 is 0 Å². The largest absolute Gasteiger partial charge is 0.497 e. The summed E-state index contributed by atoms with van der Waals surface area (Å²) < 4.78 is 36.7. The van der Waals surface area contributed by atoms with Crippen molar-refractivity contribution in [3.05, 3.63) is 65.9 Å². The van der Waals surface area contributed by atoms with Crippen molar-refractivity contribution in [2.75, 3.05) is 31.0 Å². The van der Waals surface area contributed by atoms with Crippen molar-refractivity contribution in [1.82, 2.24) is 14.8 Å². The van der Waals surface area contributed by atoms with Gasteiger partial charge in [-0.3, -0.25) is 4.79 Å². The van der Waals surface area contributed by atoms with Crippen molar-refractivity contribution in [3.8, 4) is 22.8 Å². The molecule has 1 N–H and O–H groups in total. The number of anilines is 1. The summed E-state index contributed by atoms with van der Waals surface area (Å²) in [5.74, 6) is 0.822. The van der Waals surface area contributed by atoms with E-state index in [4.69, 9.17) is 14.5 Å². The number of carbonyl (C=O) groups is 1. The van der Waals surface area contributed by atoms with E-state index in [-0.39, 0.29) is 23.5 Å². The number of benzene rings is 2. The summed E-state index contributed by atoms with van der Waals surface area (Å²) in [5, 5.41) is 8.17. The molecular formula is C26H26N4O5S. The molecule has 0 aliphatic carbocycles. The lowest BCUT2D eigenvalue weighted by molar-refractivity contribution is 0.102. The van der Waals surface area contributed by atoms with Crippen molar-refractivity contribution in [3.63, 3.8) is 0 Å². The molecule has 2 aromatic heterocycles. The van der Waals surface area contributed by atoms with E-state index in [9.17, 15) is 13.2 Å². The molecule has 10 heteroatoms. The molecule has 1 amide bonds. The Kier molecular flexibility index (Phi) is 6.13. The lowest BCUT2D eigenvalue weighted by atomic mass is 10.0. The molecule has 3 heterocycles. The van der Waals surface area contributed by atoms with E-state index in [1.807, 2.05) is 30.3 Å². The molecule has 5 rings (SSSR count). The van der Waals surface area contributed by atoms with Crippen molar-refractivity contribution in [1.29, 1.82) is 0 Å². The molecule has 0 saturated carbocycles. The number of nitrogens with one attached hydrogen (secondary N) is 1. The smallest absolute Gasteiger partial charge is 0.256 e. The van der Waals surface area contributed by atoms with E-state index < -0.39 is 9.84 Å². The Morgan fingerprint density at radius 2 is 1.86 bits per heavy atom. The molecule has 0 radical (unpaired) electrons. The van der Waals surface area contributed by atoms with Crippen LogP contribution in [-0.4, -0.2) is 54.8 Å². The van der Waals surface area contributed by atoms with Crippen LogP contribution in [0.1, 0.15) is 28.5 Å². The number of amides is 1. The number of pyridine rings is 1. The summed E-state index contributed by atoms with van der Waals surface area (Å²) >= 11 is 0. The number of fused-ring (bicyclic) bond motifs is 1. The van der Waals surface area contributed by atoms with Gasteiger partial charge in [0, 0.05) is 11.6 Å². The molecule has 9 nitrogen and oxygen atoms in total. The highest BCUT2D eigenvalue weighted by molar-refractivity contribution is 7.91. The monoisotopic (exact) mass is 506 g/mol. The van der Waals surface area contributed by atoms with Gasteiger partial charge < -0.3 is 14.8 Å². The van der Waals surface area contributed by atoms with Gasteiger partial charge in [-0.2, -0.15) is 5.10 Å². The molecule has 1 fully saturated rings. The van der Waals surface area contributed by atoms with Crippen LogP contribution in [0.4, 0.5) is 5.69 Å². The average molecular weight is 507 g/mol. The van der Waals surface area contributed by atoms with Gasteiger partial charge in [-0.25, -0.2) is 18.1 Å². The Morgan fingerprint density at radius 3 is 2.53 bits per heavy atom. The van der Waals surface area contributed by atoms with Gasteiger partial charge in [0.2, 0.25) is 0 Å². The third-order valence-corrected chi connectivity index (χ3v) is 8.11. The molecule has 0 bridgehead atoms. The Bertz CT molecular complexity index is 1560. The number of nitrogens with zero attached hydrogens (tertiary/aromatic N) is 3. The minimum Gasteiger partial charge on any atom is -0.497 e. The Morgan fingerprint density at radius 1 is 1.08 bits per heavy atom. The van der Waals surface area contributed by atoms with E-state index in [1.165, 1.54) is 7.11 Å². The maximum Gasteiger partial charge on any atom is 0.256 e. The predicted octanol–water partition coefficient (Wildman–Crippen LogP) is 4.04. The lowest BCUT2D eigenvalue weighted by Crippen LogP contribution is -2.15. The molecule has 1 atom stereocenters. The van der Waals surface area contributed by atoms with Crippen LogP contribution in [0.25, 0.3) is 22.3 Å². The van der Waals surface area contributed by atoms with E-state index in [0.29, 0.717) is 51.6 Å². The first-order valence-corrected chi connectivity index (χ1v) is 13.3.